The average molecular weight is 681 g/mol. The summed E-state index contributed by atoms with van der Waals surface area (Å²) in [7, 11) is 2.12. The van der Waals surface area contributed by atoms with E-state index in [0.717, 1.165) is 96.7 Å². The molecule has 4 aromatic rings. The smallest absolute Gasteiger partial charge is 0.220 e. The van der Waals surface area contributed by atoms with Crippen molar-refractivity contribution >= 4 is 56.2 Å². The molecule has 3 aromatic heterocycles. The second-order valence-corrected chi connectivity index (χ2v) is 14.1. The van der Waals surface area contributed by atoms with Crippen LogP contribution in [0.5, 0.6) is 0 Å². The molecule has 0 unspecified atom stereocenters. The molecular weight excluding hydrogens is 633 g/mol. The van der Waals surface area contributed by atoms with Gasteiger partial charge >= 0.3 is 0 Å². The number of hydrogen-bond acceptors (Lipinski definition) is 4. The van der Waals surface area contributed by atoms with Crippen LogP contribution in [0.15, 0.2) is 48.5 Å². The number of carbonyl (C=O) groups excluding carboxylic acids is 2. The van der Waals surface area contributed by atoms with E-state index in [9.17, 15) is 9.59 Å². The molecule has 10 rings (SSSR count). The van der Waals surface area contributed by atoms with Crippen LogP contribution in [0.1, 0.15) is 110 Å². The molecule has 6 aliphatic heterocycles. The molecule has 6 aliphatic rings. The summed E-state index contributed by atoms with van der Waals surface area (Å²) in [6, 6.07) is 16.8. The zero-order valence-corrected chi connectivity index (χ0v) is 30.9. The van der Waals surface area contributed by atoms with Crippen LogP contribution in [0.25, 0.3) is 44.4 Å². The lowest BCUT2D eigenvalue weighted by Crippen LogP contribution is -2.23. The van der Waals surface area contributed by atoms with Gasteiger partial charge in [0.25, 0.3) is 0 Å². The SMILES string of the molecule is CCC1=C(C)c2cc3nc4cc5[nH]c(cc6c(c(C)c(cc1n2)n6C)CCC(=O)NCc1ccc(cc1)CNC(=O)CCC3=C4C)c(C)c5CC. The van der Waals surface area contributed by atoms with E-state index in [1.807, 2.05) is 24.3 Å². The highest BCUT2D eigenvalue weighted by molar-refractivity contribution is 5.96. The molecule has 0 saturated heterocycles. The minimum absolute atomic E-state index is 0.00558. The Morgan fingerprint density at radius 3 is 1.92 bits per heavy atom. The maximum absolute atomic E-state index is 13.3. The molecule has 0 fully saturated rings. The van der Waals surface area contributed by atoms with Crippen molar-refractivity contribution in [2.24, 2.45) is 7.05 Å². The van der Waals surface area contributed by atoms with Gasteiger partial charge in [0.2, 0.25) is 11.8 Å². The second-order valence-electron chi connectivity index (χ2n) is 14.1. The lowest BCUT2D eigenvalue weighted by atomic mass is 9.99. The van der Waals surface area contributed by atoms with Gasteiger partial charge in [0.05, 0.1) is 22.8 Å². The van der Waals surface area contributed by atoms with Crippen molar-refractivity contribution < 1.29 is 9.59 Å². The number of rotatable bonds is 2. The molecule has 0 saturated carbocycles. The fourth-order valence-electron chi connectivity index (χ4n) is 7.94. The zero-order valence-electron chi connectivity index (χ0n) is 30.9. The third-order valence-corrected chi connectivity index (χ3v) is 11.1. The highest BCUT2D eigenvalue weighted by atomic mass is 16.2. The molecular formula is C43H48N6O2. The Morgan fingerprint density at radius 2 is 1.27 bits per heavy atom. The number of aryl methyl sites for hydroxylation is 5. The Bertz CT molecular complexity index is 2320. The van der Waals surface area contributed by atoms with E-state index >= 15 is 0 Å². The maximum atomic E-state index is 13.3. The van der Waals surface area contributed by atoms with Gasteiger partial charge in [-0.2, -0.15) is 0 Å². The molecule has 8 heteroatoms. The topological polar surface area (TPSA) is 105 Å². The number of hydrogen-bond donors (Lipinski definition) is 3. The number of carbonyl (C=O) groups is 2. The first kappa shape index (κ1) is 34.2. The second kappa shape index (κ2) is 13.8. The Hall–Kier alpha value is -5.24. The van der Waals surface area contributed by atoms with Gasteiger partial charge in [-0.05, 0) is 133 Å². The molecule has 2 amide bonds. The Morgan fingerprint density at radius 1 is 0.647 bits per heavy atom. The minimum atomic E-state index is -0.00558. The van der Waals surface area contributed by atoms with E-state index in [4.69, 9.17) is 9.97 Å². The van der Waals surface area contributed by atoms with E-state index < -0.39 is 0 Å². The van der Waals surface area contributed by atoms with Gasteiger partial charge in [-0.1, -0.05) is 38.1 Å². The summed E-state index contributed by atoms with van der Waals surface area (Å²) in [6.45, 7) is 13.9. The molecule has 9 heterocycles. The third-order valence-electron chi connectivity index (χ3n) is 11.1. The van der Waals surface area contributed by atoms with E-state index in [2.05, 4.69) is 93.0 Å². The van der Waals surface area contributed by atoms with Gasteiger partial charge in [0, 0.05) is 55.0 Å². The zero-order chi connectivity index (χ0) is 36.0. The molecule has 0 atom stereocenters. The first-order chi connectivity index (χ1) is 24.6. The summed E-state index contributed by atoms with van der Waals surface area (Å²) in [5, 5.41) is 6.23. The molecule has 3 N–H and O–H groups in total. The number of H-pyrrole nitrogens is 1. The number of aromatic nitrogens is 4. The molecule has 51 heavy (non-hydrogen) atoms. The van der Waals surface area contributed by atoms with Crippen molar-refractivity contribution in [3.8, 4) is 0 Å². The average Bonchev–Trinajstić information content (AvgIpc) is 3.76. The van der Waals surface area contributed by atoms with Crippen LogP contribution in [0.3, 0.4) is 0 Å². The van der Waals surface area contributed by atoms with E-state index in [1.54, 1.807) is 0 Å². The largest absolute Gasteiger partial charge is 0.355 e. The molecule has 262 valence electrons. The van der Waals surface area contributed by atoms with Crippen LogP contribution in [-0.4, -0.2) is 31.3 Å². The third kappa shape index (κ3) is 6.44. The Labute approximate surface area is 300 Å². The van der Waals surface area contributed by atoms with Crippen molar-refractivity contribution in [3.05, 3.63) is 105 Å². The highest BCUT2D eigenvalue weighted by Crippen LogP contribution is 2.38. The molecule has 0 aliphatic carbocycles. The van der Waals surface area contributed by atoms with Crippen LogP contribution in [0, 0.1) is 13.8 Å². The van der Waals surface area contributed by atoms with Crippen LogP contribution in [0.2, 0.25) is 0 Å². The van der Waals surface area contributed by atoms with Crippen molar-refractivity contribution in [3.63, 3.8) is 0 Å². The number of allylic oxidation sites excluding steroid dienone is 4. The van der Waals surface area contributed by atoms with Gasteiger partial charge in [-0.15, -0.1) is 0 Å². The number of nitrogens with one attached hydrogen (secondary N) is 3. The number of nitrogens with zero attached hydrogens (tertiary/aromatic N) is 3. The van der Waals surface area contributed by atoms with Crippen LogP contribution >= 0.6 is 0 Å². The van der Waals surface area contributed by atoms with E-state index in [0.29, 0.717) is 38.8 Å². The van der Waals surface area contributed by atoms with Crippen molar-refractivity contribution in [1.29, 1.82) is 0 Å². The predicted octanol–water partition coefficient (Wildman–Crippen LogP) is 8.43. The Balaban J connectivity index is 1.52. The first-order valence-electron chi connectivity index (χ1n) is 18.3. The van der Waals surface area contributed by atoms with Gasteiger partial charge in [-0.25, -0.2) is 9.97 Å². The van der Waals surface area contributed by atoms with Crippen molar-refractivity contribution in [1.82, 2.24) is 30.2 Å². The molecule has 0 spiro atoms. The van der Waals surface area contributed by atoms with Crippen molar-refractivity contribution in [2.45, 2.75) is 93.2 Å². The fourth-order valence-corrected chi connectivity index (χ4v) is 7.94. The van der Waals surface area contributed by atoms with Gasteiger partial charge in [0.15, 0.2) is 0 Å². The molecule has 0 radical (unpaired) electrons. The number of amides is 2. The molecule has 12 bridgehead atoms. The summed E-state index contributed by atoms with van der Waals surface area (Å²) < 4.78 is 2.26. The summed E-state index contributed by atoms with van der Waals surface area (Å²) >= 11 is 0. The monoisotopic (exact) mass is 680 g/mol. The summed E-state index contributed by atoms with van der Waals surface area (Å²) in [4.78, 5) is 40.7. The maximum Gasteiger partial charge on any atom is 0.220 e. The van der Waals surface area contributed by atoms with Gasteiger partial charge in [-0.3, -0.25) is 9.59 Å². The number of aromatic amines is 1. The predicted molar refractivity (Wildman–Crippen MR) is 207 cm³/mol. The van der Waals surface area contributed by atoms with Gasteiger partial charge < -0.3 is 20.2 Å². The highest BCUT2D eigenvalue weighted by Gasteiger charge is 2.22. The van der Waals surface area contributed by atoms with Crippen LogP contribution in [0.4, 0.5) is 0 Å². The molecule has 8 nitrogen and oxygen atoms in total. The van der Waals surface area contributed by atoms with E-state index in [1.165, 1.54) is 16.7 Å². The minimum Gasteiger partial charge on any atom is -0.355 e. The van der Waals surface area contributed by atoms with E-state index in [-0.39, 0.29) is 11.8 Å². The van der Waals surface area contributed by atoms with Crippen LogP contribution < -0.4 is 10.6 Å². The lowest BCUT2D eigenvalue weighted by molar-refractivity contribution is -0.122. The fraction of sp³-hybridized carbons (Fsp3) is 0.349. The number of benzene rings is 1. The lowest BCUT2D eigenvalue weighted by Gasteiger charge is -2.09. The van der Waals surface area contributed by atoms with Crippen LogP contribution in [-0.2, 0) is 42.6 Å². The summed E-state index contributed by atoms with van der Waals surface area (Å²) in [5.74, 6) is 0.00648. The van der Waals surface area contributed by atoms with Crippen molar-refractivity contribution in [2.75, 3.05) is 0 Å². The summed E-state index contributed by atoms with van der Waals surface area (Å²) in [5.41, 5.74) is 19.2. The van der Waals surface area contributed by atoms with Gasteiger partial charge in [0.1, 0.15) is 0 Å². The summed E-state index contributed by atoms with van der Waals surface area (Å²) in [6.07, 6.45) is 3.61. The molecule has 1 aromatic carbocycles. The Kier molecular flexibility index (Phi) is 9.27. The quantitative estimate of drug-likeness (QED) is 0.198. The normalized spacial score (nSPS) is 15.7. The first-order valence-corrected chi connectivity index (χ1v) is 18.3. The standard InChI is InChI=1S/C43H48N6O2/c1-8-30-25(4)36-20-41-33-15-17-43(51)45-23-29-12-10-28(11-13-29)22-44-42(50)16-14-32-26(5)35(18-37(30)48-36)46-38(32)19-34-24(3)31(9-2)39(47-34)21-40(27(33)6)49(41)7/h10-13,18-21,48H,8-9,14-17,22-23H2,1-7H3,(H,44,50)(H,45,51).